The fraction of sp³-hybridized carbons (Fsp3) is 0.778. The third kappa shape index (κ3) is 3.82. The van der Waals surface area contributed by atoms with E-state index in [2.05, 4.69) is 26.1 Å². The Labute approximate surface area is 149 Å². The number of hydrogen-bond donors (Lipinski definition) is 1. The third-order valence-electron chi connectivity index (χ3n) is 5.76. The SMILES string of the molecule is O=C(NCC[C@H]1CN(C2CCOCC2)Cc2ccnn21)N1CCCC1. The van der Waals surface area contributed by atoms with Gasteiger partial charge in [0.1, 0.15) is 0 Å². The Morgan fingerprint density at radius 1 is 1.28 bits per heavy atom. The number of amides is 2. The highest BCUT2D eigenvalue weighted by Crippen LogP contribution is 2.27. The average Bonchev–Trinajstić information content (AvgIpc) is 3.34. The van der Waals surface area contributed by atoms with E-state index in [9.17, 15) is 4.79 Å². The van der Waals surface area contributed by atoms with Gasteiger partial charge in [0.2, 0.25) is 0 Å². The lowest BCUT2D eigenvalue weighted by Gasteiger charge is -2.40. The molecule has 1 aromatic heterocycles. The number of hydrogen-bond acceptors (Lipinski definition) is 4. The largest absolute Gasteiger partial charge is 0.381 e. The Hall–Kier alpha value is -1.60. The van der Waals surface area contributed by atoms with Crippen LogP contribution in [0.3, 0.4) is 0 Å². The summed E-state index contributed by atoms with van der Waals surface area (Å²) < 4.78 is 7.68. The molecule has 138 valence electrons. The van der Waals surface area contributed by atoms with Gasteiger partial charge in [0.25, 0.3) is 0 Å². The second-order valence-electron chi connectivity index (χ2n) is 7.41. The Balaban J connectivity index is 1.34. The number of fused-ring (bicyclic) bond motifs is 1. The van der Waals surface area contributed by atoms with Crippen LogP contribution in [0.4, 0.5) is 4.79 Å². The Kier molecular flexibility index (Phi) is 5.22. The van der Waals surface area contributed by atoms with E-state index in [1.54, 1.807) is 0 Å². The predicted molar refractivity (Wildman–Crippen MR) is 94.3 cm³/mol. The molecular formula is C18H29N5O2. The number of nitrogens with zero attached hydrogens (tertiary/aromatic N) is 4. The topological polar surface area (TPSA) is 62.6 Å². The number of aromatic nitrogens is 2. The van der Waals surface area contributed by atoms with Crippen LogP contribution in [-0.4, -0.2) is 71.0 Å². The van der Waals surface area contributed by atoms with Crippen molar-refractivity contribution in [3.63, 3.8) is 0 Å². The normalized spacial score (nSPS) is 25.1. The van der Waals surface area contributed by atoms with Crippen LogP contribution >= 0.6 is 0 Å². The second-order valence-corrected chi connectivity index (χ2v) is 7.41. The molecule has 25 heavy (non-hydrogen) atoms. The molecule has 1 N–H and O–H groups in total. The van der Waals surface area contributed by atoms with Crippen LogP contribution < -0.4 is 5.32 Å². The maximum atomic E-state index is 12.2. The van der Waals surface area contributed by atoms with E-state index in [-0.39, 0.29) is 6.03 Å². The minimum atomic E-state index is 0.0929. The summed E-state index contributed by atoms with van der Waals surface area (Å²) in [5, 5.41) is 7.63. The van der Waals surface area contributed by atoms with Gasteiger partial charge in [0.15, 0.2) is 0 Å². The smallest absolute Gasteiger partial charge is 0.317 e. The van der Waals surface area contributed by atoms with Crippen molar-refractivity contribution in [1.29, 1.82) is 0 Å². The van der Waals surface area contributed by atoms with Crippen LogP contribution in [0, 0.1) is 0 Å². The lowest BCUT2D eigenvalue weighted by atomic mass is 10.0. The van der Waals surface area contributed by atoms with Gasteiger partial charge in [-0.05, 0) is 38.2 Å². The fourth-order valence-corrected chi connectivity index (χ4v) is 4.34. The first kappa shape index (κ1) is 16.8. The van der Waals surface area contributed by atoms with Gasteiger partial charge in [-0.2, -0.15) is 5.10 Å². The molecule has 4 heterocycles. The second kappa shape index (κ2) is 7.74. The molecule has 0 saturated carbocycles. The molecule has 1 atom stereocenters. The molecular weight excluding hydrogens is 318 g/mol. The monoisotopic (exact) mass is 347 g/mol. The molecule has 2 saturated heterocycles. The highest BCUT2D eigenvalue weighted by Gasteiger charge is 2.30. The van der Waals surface area contributed by atoms with E-state index >= 15 is 0 Å². The molecule has 1 aromatic rings. The number of carbonyl (C=O) groups excluding carboxylic acids is 1. The number of likely N-dealkylation sites (tertiary alicyclic amines) is 1. The Bertz CT molecular complexity index is 578. The molecule has 3 aliphatic heterocycles. The maximum Gasteiger partial charge on any atom is 0.317 e. The lowest BCUT2D eigenvalue weighted by molar-refractivity contribution is 0.0158. The van der Waals surface area contributed by atoms with Crippen LogP contribution in [-0.2, 0) is 11.3 Å². The summed E-state index contributed by atoms with van der Waals surface area (Å²) >= 11 is 0. The summed E-state index contributed by atoms with van der Waals surface area (Å²) in [6, 6.07) is 3.16. The molecule has 0 aromatic carbocycles. The zero-order chi connectivity index (χ0) is 17.1. The van der Waals surface area contributed by atoms with Crippen molar-refractivity contribution >= 4 is 6.03 Å². The van der Waals surface area contributed by atoms with E-state index in [0.29, 0.717) is 18.6 Å². The van der Waals surface area contributed by atoms with Gasteiger partial charge >= 0.3 is 6.03 Å². The summed E-state index contributed by atoms with van der Waals surface area (Å²) in [6.07, 6.45) is 7.32. The maximum absolute atomic E-state index is 12.2. The summed E-state index contributed by atoms with van der Waals surface area (Å²) in [5.74, 6) is 0. The van der Waals surface area contributed by atoms with Crippen molar-refractivity contribution in [2.24, 2.45) is 0 Å². The van der Waals surface area contributed by atoms with Gasteiger partial charge < -0.3 is 15.0 Å². The molecule has 2 fully saturated rings. The van der Waals surface area contributed by atoms with Gasteiger partial charge in [-0.15, -0.1) is 0 Å². The van der Waals surface area contributed by atoms with Gasteiger partial charge in [-0.25, -0.2) is 4.79 Å². The van der Waals surface area contributed by atoms with E-state index < -0.39 is 0 Å². The molecule has 0 radical (unpaired) electrons. The molecule has 7 nitrogen and oxygen atoms in total. The van der Waals surface area contributed by atoms with Gasteiger partial charge in [-0.1, -0.05) is 0 Å². The highest BCUT2D eigenvalue weighted by molar-refractivity contribution is 5.74. The molecule has 0 unspecified atom stereocenters. The molecule has 0 bridgehead atoms. The van der Waals surface area contributed by atoms with Gasteiger partial charge in [0.05, 0.1) is 11.7 Å². The average molecular weight is 347 g/mol. The van der Waals surface area contributed by atoms with Crippen molar-refractivity contribution in [3.8, 4) is 0 Å². The minimum Gasteiger partial charge on any atom is -0.381 e. The summed E-state index contributed by atoms with van der Waals surface area (Å²) in [7, 11) is 0. The minimum absolute atomic E-state index is 0.0929. The van der Waals surface area contributed by atoms with E-state index in [0.717, 1.165) is 71.5 Å². The first-order valence-corrected chi connectivity index (χ1v) is 9.68. The first-order chi connectivity index (χ1) is 12.3. The zero-order valence-corrected chi connectivity index (χ0v) is 14.9. The standard InChI is InChI=1S/C18H29N5O2/c24-18(21-9-1-2-10-21)19-7-3-16-13-22(15-5-11-25-12-6-15)14-17-4-8-20-23(16)17/h4,8,15-16H,1-3,5-7,9-14H2,(H,19,24)/t16-/m0/s1. The highest BCUT2D eigenvalue weighted by atomic mass is 16.5. The number of nitrogens with one attached hydrogen (secondary N) is 1. The van der Waals surface area contributed by atoms with E-state index in [4.69, 9.17) is 4.74 Å². The molecule has 7 heteroatoms. The molecule has 3 aliphatic rings. The Morgan fingerprint density at radius 3 is 2.88 bits per heavy atom. The van der Waals surface area contributed by atoms with Crippen LogP contribution in [0.15, 0.2) is 12.3 Å². The molecule has 0 spiro atoms. The first-order valence-electron chi connectivity index (χ1n) is 9.68. The van der Waals surface area contributed by atoms with Crippen LogP contribution in [0.2, 0.25) is 0 Å². The molecule has 4 rings (SSSR count). The van der Waals surface area contributed by atoms with Crippen LogP contribution in [0.1, 0.15) is 43.8 Å². The van der Waals surface area contributed by atoms with Gasteiger partial charge in [-0.3, -0.25) is 9.58 Å². The van der Waals surface area contributed by atoms with Crippen molar-refractivity contribution in [1.82, 2.24) is 24.9 Å². The quantitative estimate of drug-likeness (QED) is 0.899. The predicted octanol–water partition coefficient (Wildman–Crippen LogP) is 1.61. The van der Waals surface area contributed by atoms with Gasteiger partial charge in [0, 0.05) is 58.2 Å². The fourth-order valence-electron chi connectivity index (χ4n) is 4.34. The van der Waals surface area contributed by atoms with Crippen molar-refractivity contribution < 1.29 is 9.53 Å². The van der Waals surface area contributed by atoms with E-state index in [1.807, 2.05) is 11.1 Å². The Morgan fingerprint density at radius 2 is 2.08 bits per heavy atom. The van der Waals surface area contributed by atoms with Crippen LogP contribution in [0.5, 0.6) is 0 Å². The third-order valence-corrected chi connectivity index (χ3v) is 5.76. The van der Waals surface area contributed by atoms with Crippen LogP contribution in [0.25, 0.3) is 0 Å². The summed E-state index contributed by atoms with van der Waals surface area (Å²) in [5.41, 5.74) is 1.29. The zero-order valence-electron chi connectivity index (χ0n) is 14.9. The van der Waals surface area contributed by atoms with Crippen molar-refractivity contribution in [2.75, 3.05) is 39.4 Å². The number of ether oxygens (including phenoxy) is 1. The lowest BCUT2D eigenvalue weighted by Crippen LogP contribution is -2.46. The van der Waals surface area contributed by atoms with Crippen molar-refractivity contribution in [2.45, 2.75) is 50.7 Å². The van der Waals surface area contributed by atoms with Crippen molar-refractivity contribution in [3.05, 3.63) is 18.0 Å². The molecule has 0 aliphatic carbocycles. The number of urea groups is 1. The summed E-state index contributed by atoms with van der Waals surface area (Å²) in [6.45, 7) is 6.24. The number of carbonyl (C=O) groups is 1. The molecule has 2 amide bonds. The number of rotatable bonds is 4. The van der Waals surface area contributed by atoms with E-state index in [1.165, 1.54) is 5.69 Å². The summed E-state index contributed by atoms with van der Waals surface area (Å²) in [4.78, 5) is 16.7.